The molecule has 0 aliphatic heterocycles. The van der Waals surface area contributed by atoms with E-state index in [4.69, 9.17) is 20.4 Å². The molecule has 1 heterocycles. The van der Waals surface area contributed by atoms with E-state index in [9.17, 15) is 0 Å². The molecule has 1 aromatic carbocycles. The summed E-state index contributed by atoms with van der Waals surface area (Å²) in [5, 5.41) is 18.3. The van der Waals surface area contributed by atoms with Gasteiger partial charge in [0.15, 0.2) is 0 Å². The second kappa shape index (κ2) is 7.15. The van der Waals surface area contributed by atoms with E-state index in [-0.39, 0.29) is 13.2 Å². The number of aliphatic hydroxyl groups is 2. The van der Waals surface area contributed by atoms with Gasteiger partial charge in [0.25, 0.3) is 0 Å². The number of aryl methyl sites for hydroxylation is 1. The van der Waals surface area contributed by atoms with Crippen LogP contribution in [0.25, 0.3) is 11.3 Å². The van der Waals surface area contributed by atoms with Crippen LogP contribution >= 0.6 is 0 Å². The quantitative estimate of drug-likeness (QED) is 0.678. The Morgan fingerprint density at radius 2 is 1.81 bits per heavy atom. The Bertz CT molecular complexity index is 575. The molecule has 0 spiro atoms. The number of nitrogens with zero attached hydrogens (tertiary/aromatic N) is 1. The average molecular weight is 290 g/mol. The maximum atomic E-state index is 9.13. The Morgan fingerprint density at radius 1 is 1.10 bits per heavy atom. The summed E-state index contributed by atoms with van der Waals surface area (Å²) in [4.78, 5) is 1.91. The monoisotopic (exact) mass is 290 g/mol. The zero-order valence-electron chi connectivity index (χ0n) is 12.2. The van der Waals surface area contributed by atoms with Crippen LogP contribution in [0.2, 0.25) is 0 Å². The number of anilines is 2. The molecular weight excluding hydrogens is 268 g/mol. The molecule has 0 aliphatic rings. The first-order valence-corrected chi connectivity index (χ1v) is 7.14. The largest absolute Gasteiger partial charge is 0.461 e. The molecule has 1 aromatic heterocycles. The van der Waals surface area contributed by atoms with E-state index in [0.717, 1.165) is 29.2 Å². The normalized spacial score (nSPS) is 10.8. The third-order valence-electron chi connectivity index (χ3n) is 3.42. The van der Waals surface area contributed by atoms with Crippen molar-refractivity contribution in [3.8, 4) is 11.3 Å². The molecule has 0 atom stereocenters. The molecule has 0 unspecified atom stereocenters. The Balaban J connectivity index is 2.35. The maximum absolute atomic E-state index is 9.13. The van der Waals surface area contributed by atoms with Crippen LogP contribution < -0.4 is 10.6 Å². The molecule has 114 valence electrons. The summed E-state index contributed by atoms with van der Waals surface area (Å²) in [5.74, 6) is 1.65. The summed E-state index contributed by atoms with van der Waals surface area (Å²) in [6.07, 6.45) is 0.834. The molecule has 0 saturated carbocycles. The lowest BCUT2D eigenvalue weighted by Crippen LogP contribution is -2.29. The molecule has 2 rings (SSSR count). The molecule has 4 N–H and O–H groups in total. The van der Waals surface area contributed by atoms with Gasteiger partial charge in [0.2, 0.25) is 0 Å². The summed E-state index contributed by atoms with van der Waals surface area (Å²) in [7, 11) is 0. The van der Waals surface area contributed by atoms with E-state index in [2.05, 4.69) is 0 Å². The second-order valence-corrected chi connectivity index (χ2v) is 4.83. The van der Waals surface area contributed by atoms with Crippen molar-refractivity contribution in [2.75, 3.05) is 36.9 Å². The molecule has 0 radical (unpaired) electrons. The van der Waals surface area contributed by atoms with Crippen molar-refractivity contribution in [1.82, 2.24) is 0 Å². The summed E-state index contributed by atoms with van der Waals surface area (Å²) in [5.41, 5.74) is 8.41. The lowest BCUT2D eigenvalue weighted by atomic mass is 10.1. The summed E-state index contributed by atoms with van der Waals surface area (Å²) < 4.78 is 5.76. The molecule has 21 heavy (non-hydrogen) atoms. The van der Waals surface area contributed by atoms with E-state index in [1.165, 1.54) is 0 Å². The van der Waals surface area contributed by atoms with E-state index in [1.807, 2.05) is 42.2 Å². The van der Waals surface area contributed by atoms with Crippen LogP contribution in [-0.2, 0) is 6.42 Å². The van der Waals surface area contributed by atoms with Gasteiger partial charge in [-0.2, -0.15) is 0 Å². The Morgan fingerprint density at radius 3 is 2.38 bits per heavy atom. The molecule has 5 heteroatoms. The number of hydrogen-bond acceptors (Lipinski definition) is 5. The highest BCUT2D eigenvalue weighted by molar-refractivity contribution is 5.77. The van der Waals surface area contributed by atoms with Gasteiger partial charge in [-0.3, -0.25) is 0 Å². The van der Waals surface area contributed by atoms with Gasteiger partial charge in [-0.05, 0) is 30.3 Å². The van der Waals surface area contributed by atoms with E-state index in [1.54, 1.807) is 0 Å². The van der Waals surface area contributed by atoms with Crippen molar-refractivity contribution >= 4 is 11.4 Å². The summed E-state index contributed by atoms with van der Waals surface area (Å²) >= 11 is 0. The molecule has 0 fully saturated rings. The van der Waals surface area contributed by atoms with Gasteiger partial charge >= 0.3 is 0 Å². The Labute approximate surface area is 124 Å². The molecule has 0 saturated heterocycles. The zero-order chi connectivity index (χ0) is 15.2. The van der Waals surface area contributed by atoms with Gasteiger partial charge < -0.3 is 25.3 Å². The highest BCUT2D eigenvalue weighted by Gasteiger charge is 2.12. The number of nitrogens with two attached hydrogens (primary N) is 1. The SMILES string of the molecule is CCc1ccc(-c2cc(N(CCO)CCO)ccc2N)o1. The van der Waals surface area contributed by atoms with E-state index >= 15 is 0 Å². The van der Waals surface area contributed by atoms with Gasteiger partial charge in [0.05, 0.1) is 13.2 Å². The zero-order valence-corrected chi connectivity index (χ0v) is 12.2. The predicted molar refractivity (Wildman–Crippen MR) is 84.3 cm³/mol. The Kier molecular flexibility index (Phi) is 5.25. The molecule has 5 nitrogen and oxygen atoms in total. The predicted octanol–water partition coefficient (Wildman–Crippen LogP) is 1.88. The van der Waals surface area contributed by atoms with Gasteiger partial charge in [-0.15, -0.1) is 0 Å². The fraction of sp³-hybridized carbons (Fsp3) is 0.375. The number of benzene rings is 1. The third-order valence-corrected chi connectivity index (χ3v) is 3.42. The average Bonchev–Trinajstić information content (AvgIpc) is 2.96. The molecule has 2 aromatic rings. The summed E-state index contributed by atoms with van der Waals surface area (Å²) in [6.45, 7) is 3.01. The standard InChI is InChI=1S/C16H22N2O3/c1-2-13-4-6-16(21-13)14-11-12(3-5-15(14)17)18(7-9-19)8-10-20/h3-6,11,19-20H,2,7-10,17H2,1H3. The van der Waals surface area contributed by atoms with Crippen molar-refractivity contribution in [2.24, 2.45) is 0 Å². The first kappa shape index (κ1) is 15.4. The topological polar surface area (TPSA) is 82.9 Å². The van der Waals surface area contributed by atoms with Gasteiger partial charge in [-0.25, -0.2) is 0 Å². The van der Waals surface area contributed by atoms with Crippen LogP contribution in [0.5, 0.6) is 0 Å². The van der Waals surface area contributed by atoms with Crippen LogP contribution in [0.15, 0.2) is 34.7 Å². The van der Waals surface area contributed by atoms with Gasteiger partial charge in [-0.1, -0.05) is 6.92 Å². The minimum atomic E-state index is 0.0282. The van der Waals surface area contributed by atoms with Gasteiger partial charge in [0.1, 0.15) is 11.5 Å². The fourth-order valence-corrected chi connectivity index (χ4v) is 2.28. The van der Waals surface area contributed by atoms with Crippen molar-refractivity contribution in [1.29, 1.82) is 0 Å². The van der Waals surface area contributed by atoms with Crippen molar-refractivity contribution in [3.63, 3.8) is 0 Å². The summed E-state index contributed by atoms with van der Waals surface area (Å²) in [6, 6.07) is 9.49. The highest BCUT2D eigenvalue weighted by atomic mass is 16.3. The van der Waals surface area contributed by atoms with Crippen molar-refractivity contribution < 1.29 is 14.6 Å². The van der Waals surface area contributed by atoms with Crippen molar-refractivity contribution in [2.45, 2.75) is 13.3 Å². The van der Waals surface area contributed by atoms with E-state index < -0.39 is 0 Å². The first-order chi connectivity index (χ1) is 10.2. The maximum Gasteiger partial charge on any atom is 0.136 e. The van der Waals surface area contributed by atoms with Gasteiger partial charge in [0, 0.05) is 36.4 Å². The Hall–Kier alpha value is -1.98. The molecule has 0 bridgehead atoms. The lowest BCUT2D eigenvalue weighted by Gasteiger charge is -2.23. The van der Waals surface area contributed by atoms with Crippen LogP contribution in [0.3, 0.4) is 0 Å². The number of aliphatic hydroxyl groups excluding tert-OH is 2. The lowest BCUT2D eigenvalue weighted by molar-refractivity contribution is 0.281. The smallest absolute Gasteiger partial charge is 0.136 e. The minimum absolute atomic E-state index is 0.0282. The van der Waals surface area contributed by atoms with Crippen molar-refractivity contribution in [3.05, 3.63) is 36.1 Å². The van der Waals surface area contributed by atoms with Crippen LogP contribution in [0.4, 0.5) is 11.4 Å². The number of rotatable bonds is 7. The molecule has 0 aliphatic carbocycles. The second-order valence-electron chi connectivity index (χ2n) is 4.83. The van der Waals surface area contributed by atoms with Crippen LogP contribution in [-0.4, -0.2) is 36.5 Å². The fourth-order valence-electron chi connectivity index (χ4n) is 2.28. The van der Waals surface area contributed by atoms with Crippen LogP contribution in [0, 0.1) is 0 Å². The minimum Gasteiger partial charge on any atom is -0.461 e. The van der Waals surface area contributed by atoms with Crippen LogP contribution in [0.1, 0.15) is 12.7 Å². The third kappa shape index (κ3) is 3.56. The highest BCUT2D eigenvalue weighted by Crippen LogP contribution is 2.31. The number of hydrogen-bond donors (Lipinski definition) is 3. The molecule has 0 amide bonds. The first-order valence-electron chi connectivity index (χ1n) is 7.14. The number of nitrogen functional groups attached to an aromatic ring is 1. The number of furan rings is 1. The molecular formula is C16H22N2O3. The van der Waals surface area contributed by atoms with E-state index in [0.29, 0.717) is 18.8 Å².